The number of rotatable bonds is 1. The first-order valence-corrected chi connectivity index (χ1v) is 3.39. The van der Waals surface area contributed by atoms with Crippen LogP contribution in [0, 0.1) is 11.8 Å². The highest BCUT2D eigenvalue weighted by Gasteiger charge is 2.11. The maximum Gasteiger partial charge on any atom is 0.122 e. The van der Waals surface area contributed by atoms with Crippen molar-refractivity contribution in [3.63, 3.8) is 0 Å². The number of aliphatic hydroxyl groups is 1. The minimum Gasteiger partial charge on any atom is -0.378 e. The minimum absolute atomic E-state index is 0.646. The van der Waals surface area contributed by atoms with Crippen LogP contribution in [0.4, 0.5) is 0 Å². The second kappa shape index (κ2) is 3.43. The van der Waals surface area contributed by atoms with Gasteiger partial charge in [0, 0.05) is 0 Å². The summed E-state index contributed by atoms with van der Waals surface area (Å²) in [5, 5.41) is 9.36. The third kappa shape index (κ3) is 4.17. The molecule has 56 valence electrons. The van der Waals surface area contributed by atoms with E-state index in [1.54, 1.807) is 6.92 Å². The van der Waals surface area contributed by atoms with E-state index in [1.165, 1.54) is 0 Å². The summed E-state index contributed by atoms with van der Waals surface area (Å²) < 4.78 is 0. The summed E-state index contributed by atoms with van der Waals surface area (Å²) in [6, 6.07) is 0. The molecule has 1 nitrogen and oxygen atoms in total. The molecule has 0 radical (unpaired) electrons. The Morgan fingerprint density at radius 1 is 1.70 bits per heavy atom. The average molecular weight is 138 g/mol. The number of hydrogen-bond donors (Lipinski definition) is 1. The van der Waals surface area contributed by atoms with Gasteiger partial charge in [-0.2, -0.15) is 0 Å². The van der Waals surface area contributed by atoms with Crippen LogP contribution in [0.2, 0.25) is 0 Å². The van der Waals surface area contributed by atoms with Crippen LogP contribution >= 0.6 is 0 Å². The molecule has 1 N–H and O–H groups in total. The van der Waals surface area contributed by atoms with Crippen molar-refractivity contribution < 1.29 is 5.11 Å². The largest absolute Gasteiger partial charge is 0.378 e. The minimum atomic E-state index is -0.848. The standard InChI is InChI=1S/C9H14O/c1-5-9(4,10)7-6-8(2)3/h10H,2,5H2,1,3-4H3/t9-/m0/s1. The van der Waals surface area contributed by atoms with Crippen molar-refractivity contribution in [2.45, 2.75) is 32.8 Å². The van der Waals surface area contributed by atoms with E-state index in [1.807, 2.05) is 13.8 Å². The summed E-state index contributed by atoms with van der Waals surface area (Å²) in [5.74, 6) is 5.46. The van der Waals surface area contributed by atoms with Crippen molar-refractivity contribution in [1.82, 2.24) is 0 Å². The van der Waals surface area contributed by atoms with Crippen LogP contribution in [0.5, 0.6) is 0 Å². The highest BCUT2D eigenvalue weighted by Crippen LogP contribution is 2.05. The van der Waals surface area contributed by atoms with E-state index in [-0.39, 0.29) is 0 Å². The lowest BCUT2D eigenvalue weighted by molar-refractivity contribution is 0.118. The Morgan fingerprint density at radius 3 is 2.50 bits per heavy atom. The van der Waals surface area contributed by atoms with Crippen LogP contribution < -0.4 is 0 Å². The van der Waals surface area contributed by atoms with Crippen molar-refractivity contribution in [3.05, 3.63) is 12.2 Å². The Hall–Kier alpha value is -0.740. The van der Waals surface area contributed by atoms with Crippen molar-refractivity contribution in [2.24, 2.45) is 0 Å². The maximum atomic E-state index is 9.36. The van der Waals surface area contributed by atoms with Gasteiger partial charge in [-0.25, -0.2) is 0 Å². The van der Waals surface area contributed by atoms with Crippen LogP contribution in [0.15, 0.2) is 12.2 Å². The van der Waals surface area contributed by atoms with Crippen LogP contribution in [0.3, 0.4) is 0 Å². The lowest BCUT2D eigenvalue weighted by atomic mass is 10.0. The van der Waals surface area contributed by atoms with Gasteiger partial charge in [-0.05, 0) is 25.8 Å². The molecule has 0 rings (SSSR count). The van der Waals surface area contributed by atoms with Crippen LogP contribution in [0.25, 0.3) is 0 Å². The molecule has 0 fully saturated rings. The molecule has 0 spiro atoms. The Morgan fingerprint density at radius 2 is 2.20 bits per heavy atom. The van der Waals surface area contributed by atoms with Gasteiger partial charge in [0.2, 0.25) is 0 Å². The first kappa shape index (κ1) is 9.26. The van der Waals surface area contributed by atoms with Gasteiger partial charge in [0.15, 0.2) is 0 Å². The molecule has 0 bridgehead atoms. The molecule has 0 amide bonds. The Bertz CT molecular complexity index is 179. The molecule has 0 heterocycles. The Kier molecular flexibility index (Phi) is 3.18. The van der Waals surface area contributed by atoms with E-state index in [4.69, 9.17) is 0 Å². The summed E-state index contributed by atoms with van der Waals surface area (Å²) in [7, 11) is 0. The molecule has 0 saturated carbocycles. The molecule has 0 aliphatic heterocycles. The fraction of sp³-hybridized carbons (Fsp3) is 0.556. The third-order valence-corrected chi connectivity index (χ3v) is 1.23. The average Bonchev–Trinajstić information content (AvgIpc) is 1.85. The number of hydrogen-bond acceptors (Lipinski definition) is 1. The van der Waals surface area contributed by atoms with Crippen molar-refractivity contribution >= 4 is 0 Å². The fourth-order valence-corrected chi connectivity index (χ4v) is 0.330. The molecular formula is C9H14O. The van der Waals surface area contributed by atoms with Crippen molar-refractivity contribution in [1.29, 1.82) is 0 Å². The van der Waals surface area contributed by atoms with Crippen LogP contribution in [-0.2, 0) is 0 Å². The molecule has 0 saturated heterocycles. The van der Waals surface area contributed by atoms with Crippen molar-refractivity contribution in [3.8, 4) is 11.8 Å². The quantitative estimate of drug-likeness (QED) is 0.547. The van der Waals surface area contributed by atoms with E-state index in [2.05, 4.69) is 18.4 Å². The summed E-state index contributed by atoms with van der Waals surface area (Å²) >= 11 is 0. The normalized spacial score (nSPS) is 14.8. The molecule has 0 aromatic heterocycles. The highest BCUT2D eigenvalue weighted by molar-refractivity contribution is 5.27. The maximum absolute atomic E-state index is 9.36. The zero-order chi connectivity index (χ0) is 8.20. The Labute approximate surface area is 62.8 Å². The SMILES string of the molecule is C=C(C)C#C[C@@](C)(O)CC. The van der Waals surface area contributed by atoms with Gasteiger partial charge in [-0.1, -0.05) is 25.3 Å². The van der Waals surface area contributed by atoms with E-state index < -0.39 is 5.60 Å². The molecule has 10 heavy (non-hydrogen) atoms. The first-order valence-electron chi connectivity index (χ1n) is 3.39. The summed E-state index contributed by atoms with van der Waals surface area (Å²) in [6.07, 6.45) is 0.646. The zero-order valence-electron chi connectivity index (χ0n) is 6.86. The van der Waals surface area contributed by atoms with Gasteiger partial charge in [0.1, 0.15) is 5.60 Å². The van der Waals surface area contributed by atoms with Gasteiger partial charge in [0.05, 0.1) is 0 Å². The van der Waals surface area contributed by atoms with E-state index >= 15 is 0 Å². The number of allylic oxidation sites excluding steroid dienone is 1. The molecule has 0 aliphatic carbocycles. The van der Waals surface area contributed by atoms with Crippen LogP contribution in [0.1, 0.15) is 27.2 Å². The second-order valence-corrected chi connectivity index (χ2v) is 2.66. The molecule has 0 aromatic carbocycles. The molecule has 0 aromatic rings. The predicted molar refractivity (Wildman–Crippen MR) is 43.5 cm³/mol. The smallest absolute Gasteiger partial charge is 0.122 e. The summed E-state index contributed by atoms with van der Waals surface area (Å²) in [6.45, 7) is 9.02. The molecule has 0 unspecified atom stereocenters. The Balaban J connectivity index is 4.15. The third-order valence-electron chi connectivity index (χ3n) is 1.23. The van der Waals surface area contributed by atoms with E-state index in [0.717, 1.165) is 5.57 Å². The monoisotopic (exact) mass is 138 g/mol. The molecular weight excluding hydrogens is 124 g/mol. The summed E-state index contributed by atoms with van der Waals surface area (Å²) in [5.41, 5.74) is -0.0624. The molecule has 0 aliphatic rings. The van der Waals surface area contributed by atoms with Crippen molar-refractivity contribution in [2.75, 3.05) is 0 Å². The summed E-state index contributed by atoms with van der Waals surface area (Å²) in [4.78, 5) is 0. The van der Waals surface area contributed by atoms with E-state index in [9.17, 15) is 5.11 Å². The zero-order valence-corrected chi connectivity index (χ0v) is 6.86. The van der Waals surface area contributed by atoms with E-state index in [0.29, 0.717) is 6.42 Å². The van der Waals surface area contributed by atoms with Gasteiger partial charge < -0.3 is 5.11 Å². The topological polar surface area (TPSA) is 20.2 Å². The highest BCUT2D eigenvalue weighted by atomic mass is 16.3. The van der Waals surface area contributed by atoms with Crippen LogP contribution in [-0.4, -0.2) is 10.7 Å². The lowest BCUT2D eigenvalue weighted by Gasteiger charge is -2.11. The van der Waals surface area contributed by atoms with Gasteiger partial charge in [-0.15, -0.1) is 0 Å². The van der Waals surface area contributed by atoms with Gasteiger partial charge >= 0.3 is 0 Å². The lowest BCUT2D eigenvalue weighted by Crippen LogP contribution is -2.19. The molecule has 1 heteroatoms. The fourth-order valence-electron chi connectivity index (χ4n) is 0.330. The second-order valence-electron chi connectivity index (χ2n) is 2.66. The molecule has 1 atom stereocenters. The first-order chi connectivity index (χ1) is 4.48. The van der Waals surface area contributed by atoms with Gasteiger partial charge in [0.25, 0.3) is 0 Å². The predicted octanol–water partition coefficient (Wildman–Crippen LogP) is 1.73. The van der Waals surface area contributed by atoms with Gasteiger partial charge in [-0.3, -0.25) is 0 Å².